The summed E-state index contributed by atoms with van der Waals surface area (Å²) < 4.78 is 16.0. The van der Waals surface area contributed by atoms with E-state index in [2.05, 4.69) is 0 Å². The molecule has 1 fully saturated rings. The maximum Gasteiger partial charge on any atom is 0.338 e. The Morgan fingerprint density at radius 3 is 2.77 bits per heavy atom. The van der Waals surface area contributed by atoms with Gasteiger partial charge in [-0.1, -0.05) is 5.57 Å². The number of esters is 2. The van der Waals surface area contributed by atoms with Crippen LogP contribution in [0.2, 0.25) is 0 Å². The van der Waals surface area contributed by atoms with Crippen LogP contribution in [0.25, 0.3) is 0 Å². The highest BCUT2D eigenvalue weighted by molar-refractivity contribution is 5.92. The van der Waals surface area contributed by atoms with E-state index in [-0.39, 0.29) is 24.0 Å². The number of carbonyl (C=O) groups excluding carboxylic acids is 2. The molecular weight excluding hydrogens is 284 g/mol. The van der Waals surface area contributed by atoms with Crippen LogP contribution in [0.5, 0.6) is 0 Å². The van der Waals surface area contributed by atoms with Crippen molar-refractivity contribution in [2.24, 2.45) is 5.92 Å². The largest absolute Gasteiger partial charge is 0.458 e. The van der Waals surface area contributed by atoms with E-state index < -0.39 is 6.29 Å². The number of allylic oxidation sites excluding steroid dienone is 1. The van der Waals surface area contributed by atoms with Gasteiger partial charge in [-0.05, 0) is 44.6 Å². The molecule has 2 aliphatic heterocycles. The number of cyclic esters (lactones) is 1. The third-order valence-electron chi connectivity index (χ3n) is 4.93. The highest BCUT2D eigenvalue weighted by Crippen LogP contribution is 2.48. The van der Waals surface area contributed by atoms with Crippen molar-refractivity contribution in [2.45, 2.75) is 51.4 Å². The van der Waals surface area contributed by atoms with Gasteiger partial charge in [0.15, 0.2) is 0 Å². The van der Waals surface area contributed by atoms with Crippen molar-refractivity contribution in [1.82, 2.24) is 0 Å². The summed E-state index contributed by atoms with van der Waals surface area (Å²) in [6.45, 7) is 1.67. The van der Waals surface area contributed by atoms with Crippen LogP contribution in [-0.2, 0) is 23.8 Å². The first kappa shape index (κ1) is 13.6. The van der Waals surface area contributed by atoms with Crippen molar-refractivity contribution in [3.63, 3.8) is 0 Å². The van der Waals surface area contributed by atoms with E-state index in [0.717, 1.165) is 19.3 Å². The first-order valence-corrected chi connectivity index (χ1v) is 7.80. The second-order valence-corrected chi connectivity index (χ2v) is 6.31. The molecular formula is C17H18O5. The van der Waals surface area contributed by atoms with Crippen molar-refractivity contribution >= 4 is 11.9 Å². The van der Waals surface area contributed by atoms with E-state index in [1.807, 2.05) is 0 Å². The predicted molar refractivity (Wildman–Crippen MR) is 76.3 cm³/mol. The SMILES string of the molecule is CC1=C[C@H](O/C=C2\C(=O)O[C@@H]3C4=C(CCCC4)C[C@H]23)OC1=O. The lowest BCUT2D eigenvalue weighted by Gasteiger charge is -2.17. The third-order valence-corrected chi connectivity index (χ3v) is 4.93. The molecule has 4 rings (SSSR count). The summed E-state index contributed by atoms with van der Waals surface area (Å²) in [7, 11) is 0. The standard InChI is InChI=1S/C17H18O5/c1-9-6-14(21-16(9)18)20-8-13-12-7-10-4-2-3-5-11(10)15(12)22-17(13)19/h6,8,12,14-15H,2-5,7H2,1H3/b13-8-/t12-,14-,15-/m1/s1. The van der Waals surface area contributed by atoms with Gasteiger partial charge >= 0.3 is 11.9 Å². The summed E-state index contributed by atoms with van der Waals surface area (Å²) in [5, 5.41) is 0. The lowest BCUT2D eigenvalue weighted by atomic mass is 9.93. The Kier molecular flexibility index (Phi) is 3.10. The van der Waals surface area contributed by atoms with Gasteiger partial charge in [0.2, 0.25) is 0 Å². The Labute approximate surface area is 128 Å². The number of rotatable bonds is 2. The van der Waals surface area contributed by atoms with E-state index in [0.29, 0.717) is 11.1 Å². The van der Waals surface area contributed by atoms with Gasteiger partial charge in [0.1, 0.15) is 6.10 Å². The van der Waals surface area contributed by atoms with Crippen molar-refractivity contribution in [2.75, 3.05) is 0 Å². The second kappa shape index (κ2) is 5.00. The van der Waals surface area contributed by atoms with E-state index >= 15 is 0 Å². The minimum absolute atomic E-state index is 0.0674. The lowest BCUT2D eigenvalue weighted by molar-refractivity contribution is -0.152. The van der Waals surface area contributed by atoms with Crippen LogP contribution in [0.3, 0.4) is 0 Å². The minimum atomic E-state index is -0.740. The molecule has 4 aliphatic rings. The molecule has 0 N–H and O–H groups in total. The van der Waals surface area contributed by atoms with E-state index in [1.165, 1.54) is 30.2 Å². The van der Waals surface area contributed by atoms with Gasteiger partial charge < -0.3 is 14.2 Å². The molecule has 0 saturated carbocycles. The Hall–Kier alpha value is -2.04. The maximum absolute atomic E-state index is 12.1. The fraction of sp³-hybridized carbons (Fsp3) is 0.529. The highest BCUT2D eigenvalue weighted by atomic mass is 16.7. The van der Waals surface area contributed by atoms with Gasteiger partial charge in [0.25, 0.3) is 6.29 Å². The van der Waals surface area contributed by atoms with E-state index in [9.17, 15) is 9.59 Å². The van der Waals surface area contributed by atoms with Gasteiger partial charge in [-0.3, -0.25) is 0 Å². The number of ether oxygens (including phenoxy) is 3. The van der Waals surface area contributed by atoms with Gasteiger partial charge in [0.05, 0.1) is 11.8 Å². The van der Waals surface area contributed by atoms with Crippen LogP contribution in [0, 0.1) is 5.92 Å². The fourth-order valence-electron chi connectivity index (χ4n) is 3.79. The molecule has 3 atom stereocenters. The summed E-state index contributed by atoms with van der Waals surface area (Å²) in [4.78, 5) is 23.4. The molecule has 2 aliphatic carbocycles. The van der Waals surface area contributed by atoms with Crippen LogP contribution in [0.15, 0.2) is 34.6 Å². The second-order valence-electron chi connectivity index (χ2n) is 6.31. The molecule has 22 heavy (non-hydrogen) atoms. The Morgan fingerprint density at radius 2 is 2.00 bits per heavy atom. The summed E-state index contributed by atoms with van der Waals surface area (Å²) in [6.07, 6.45) is 7.66. The van der Waals surface area contributed by atoms with Gasteiger partial charge in [-0.2, -0.15) is 0 Å². The van der Waals surface area contributed by atoms with Crippen LogP contribution in [-0.4, -0.2) is 24.3 Å². The molecule has 0 radical (unpaired) electrons. The fourth-order valence-corrected chi connectivity index (χ4v) is 3.79. The molecule has 116 valence electrons. The lowest BCUT2D eigenvalue weighted by Crippen LogP contribution is -2.14. The van der Waals surface area contributed by atoms with Crippen molar-refractivity contribution in [3.8, 4) is 0 Å². The van der Waals surface area contributed by atoms with Gasteiger partial charge in [-0.15, -0.1) is 0 Å². The Bertz CT molecular complexity index is 639. The number of hydrogen-bond donors (Lipinski definition) is 0. The zero-order valence-electron chi connectivity index (χ0n) is 12.5. The average molecular weight is 302 g/mol. The van der Waals surface area contributed by atoms with Crippen LogP contribution in [0.1, 0.15) is 39.0 Å². The highest BCUT2D eigenvalue weighted by Gasteiger charge is 2.47. The molecule has 0 aromatic rings. The molecule has 5 nitrogen and oxygen atoms in total. The summed E-state index contributed by atoms with van der Waals surface area (Å²) in [5.41, 5.74) is 3.88. The number of hydrogen-bond acceptors (Lipinski definition) is 5. The Morgan fingerprint density at radius 1 is 1.18 bits per heavy atom. The smallest absolute Gasteiger partial charge is 0.338 e. The zero-order chi connectivity index (χ0) is 15.3. The molecule has 5 heteroatoms. The van der Waals surface area contributed by atoms with Crippen LogP contribution in [0.4, 0.5) is 0 Å². The quantitative estimate of drug-likeness (QED) is 0.339. The average Bonchev–Trinajstić information content (AvgIpc) is 3.10. The molecule has 0 unspecified atom stereocenters. The van der Waals surface area contributed by atoms with E-state index in [1.54, 1.807) is 13.0 Å². The number of fused-ring (bicyclic) bond motifs is 2. The molecule has 0 spiro atoms. The summed E-state index contributed by atoms with van der Waals surface area (Å²) in [5.74, 6) is -0.622. The normalized spacial score (nSPS) is 35.2. The molecule has 0 bridgehead atoms. The van der Waals surface area contributed by atoms with Crippen LogP contribution < -0.4 is 0 Å². The topological polar surface area (TPSA) is 61.8 Å². The molecule has 1 saturated heterocycles. The monoisotopic (exact) mass is 302 g/mol. The summed E-state index contributed by atoms with van der Waals surface area (Å²) in [6, 6.07) is 0. The molecule has 0 amide bonds. The van der Waals surface area contributed by atoms with Gasteiger partial charge in [0, 0.05) is 17.6 Å². The van der Waals surface area contributed by atoms with Crippen LogP contribution >= 0.6 is 0 Å². The summed E-state index contributed by atoms with van der Waals surface area (Å²) >= 11 is 0. The van der Waals surface area contributed by atoms with E-state index in [4.69, 9.17) is 14.2 Å². The maximum atomic E-state index is 12.1. The zero-order valence-corrected chi connectivity index (χ0v) is 12.5. The van der Waals surface area contributed by atoms with Crippen molar-refractivity contribution in [1.29, 1.82) is 0 Å². The minimum Gasteiger partial charge on any atom is -0.458 e. The first-order valence-electron chi connectivity index (χ1n) is 7.80. The molecule has 0 aromatic heterocycles. The molecule has 2 heterocycles. The predicted octanol–water partition coefficient (Wildman–Crippen LogP) is 2.53. The van der Waals surface area contributed by atoms with Gasteiger partial charge in [-0.25, -0.2) is 9.59 Å². The molecule has 0 aromatic carbocycles. The number of carbonyl (C=O) groups is 2. The first-order chi connectivity index (χ1) is 10.6. The van der Waals surface area contributed by atoms with Crippen molar-refractivity contribution < 1.29 is 23.8 Å². The van der Waals surface area contributed by atoms with Crippen molar-refractivity contribution in [3.05, 3.63) is 34.6 Å². The Balaban J connectivity index is 1.50. The third kappa shape index (κ3) is 2.07.